The number of hydrogen-bond donors (Lipinski definition) is 0. The van der Waals surface area contributed by atoms with E-state index in [1.54, 1.807) is 10.9 Å². The van der Waals surface area contributed by atoms with E-state index in [0.29, 0.717) is 17.1 Å². The third kappa shape index (κ3) is 4.29. The van der Waals surface area contributed by atoms with Crippen LogP contribution in [0.2, 0.25) is 0 Å². The number of aryl methyl sites for hydroxylation is 1. The summed E-state index contributed by atoms with van der Waals surface area (Å²) in [5.74, 6) is 2.05. The molecule has 0 saturated carbocycles. The Hall–Kier alpha value is -6.34. The highest BCUT2D eigenvalue weighted by molar-refractivity contribution is 6.13. The number of benzene rings is 5. The Labute approximate surface area is 263 Å². The number of para-hydroxylation sites is 3. The molecular weight excluding hydrogens is 572 g/mol. The number of aromatic nitrogens is 3. The lowest BCUT2D eigenvalue weighted by Gasteiger charge is -2.24. The average Bonchev–Trinajstić information content (AvgIpc) is 3.80. The summed E-state index contributed by atoms with van der Waals surface area (Å²) in [6, 6.07) is 42.3. The summed E-state index contributed by atoms with van der Waals surface area (Å²) in [4.78, 5) is 6.80. The Morgan fingerprint density at radius 3 is 2.04 bits per heavy atom. The van der Waals surface area contributed by atoms with Crippen molar-refractivity contribution in [2.24, 2.45) is 7.05 Å². The molecule has 0 fully saturated rings. The Bertz CT molecular complexity index is 2490. The molecule has 46 heavy (non-hydrogen) atoms. The van der Waals surface area contributed by atoms with E-state index in [0.717, 1.165) is 66.7 Å². The molecule has 9 aromatic rings. The molecule has 0 aliphatic heterocycles. The van der Waals surface area contributed by atoms with Crippen LogP contribution in [-0.2, 0) is 7.05 Å². The van der Waals surface area contributed by atoms with E-state index in [4.69, 9.17) is 23.7 Å². The standard InChI is InChI=1S/C39H26N4O3/c1-42-20-18-31(41-42)30-23-27(24-36-38(30)28-13-5-7-15-32(28)46-36)44-34-21-26(22-35-39(34)29-14-6-8-16-33(29)45-35)43(25-11-3-2-4-12-25)37-17-9-10-19-40-37/h2-24H,1H3. The van der Waals surface area contributed by atoms with Crippen molar-refractivity contribution in [2.75, 3.05) is 4.90 Å². The molecule has 0 bridgehead atoms. The zero-order valence-corrected chi connectivity index (χ0v) is 24.8. The van der Waals surface area contributed by atoms with E-state index in [-0.39, 0.29) is 0 Å². The number of pyridine rings is 1. The minimum atomic E-state index is 0.625. The van der Waals surface area contributed by atoms with Crippen LogP contribution in [0.1, 0.15) is 0 Å². The molecule has 0 N–H and O–H groups in total. The molecule has 220 valence electrons. The summed E-state index contributed by atoms with van der Waals surface area (Å²) in [6.07, 6.45) is 3.74. The number of furan rings is 2. The zero-order valence-electron chi connectivity index (χ0n) is 24.8. The normalized spacial score (nSPS) is 11.6. The number of rotatable bonds is 6. The van der Waals surface area contributed by atoms with Crippen LogP contribution < -0.4 is 9.64 Å². The minimum Gasteiger partial charge on any atom is -0.456 e. The summed E-state index contributed by atoms with van der Waals surface area (Å²) in [5.41, 5.74) is 6.61. The predicted octanol–water partition coefficient (Wildman–Crippen LogP) is 10.5. The Balaban J connectivity index is 1.28. The summed E-state index contributed by atoms with van der Waals surface area (Å²) in [6.45, 7) is 0. The van der Waals surface area contributed by atoms with Crippen LogP contribution in [0.4, 0.5) is 17.2 Å². The van der Waals surface area contributed by atoms with Crippen LogP contribution in [0.15, 0.2) is 149 Å². The second-order valence-corrected chi connectivity index (χ2v) is 11.2. The lowest BCUT2D eigenvalue weighted by Crippen LogP contribution is -2.11. The Morgan fingerprint density at radius 2 is 1.33 bits per heavy atom. The molecular formula is C39H26N4O3. The molecule has 0 radical (unpaired) electrons. The fourth-order valence-corrected chi connectivity index (χ4v) is 6.26. The van der Waals surface area contributed by atoms with Gasteiger partial charge in [0.15, 0.2) is 0 Å². The monoisotopic (exact) mass is 598 g/mol. The van der Waals surface area contributed by atoms with Crippen LogP contribution >= 0.6 is 0 Å². The smallest absolute Gasteiger partial charge is 0.141 e. The van der Waals surface area contributed by atoms with Gasteiger partial charge in [-0.25, -0.2) is 4.98 Å². The summed E-state index contributed by atoms with van der Waals surface area (Å²) >= 11 is 0. The number of fused-ring (bicyclic) bond motifs is 6. The maximum atomic E-state index is 6.89. The van der Waals surface area contributed by atoms with Gasteiger partial charge in [0.2, 0.25) is 0 Å². The van der Waals surface area contributed by atoms with Crippen molar-refractivity contribution in [3.8, 4) is 22.8 Å². The number of anilines is 3. The molecule has 0 aliphatic carbocycles. The highest BCUT2D eigenvalue weighted by Gasteiger charge is 2.22. The molecule has 5 aromatic carbocycles. The second kappa shape index (κ2) is 10.4. The molecule has 0 saturated heterocycles. The quantitative estimate of drug-likeness (QED) is 0.190. The van der Waals surface area contributed by atoms with Crippen molar-refractivity contribution in [3.05, 3.63) is 140 Å². The van der Waals surface area contributed by atoms with E-state index < -0.39 is 0 Å². The predicted molar refractivity (Wildman–Crippen MR) is 182 cm³/mol. The van der Waals surface area contributed by atoms with Crippen LogP contribution in [0.5, 0.6) is 11.5 Å². The van der Waals surface area contributed by atoms with Crippen molar-refractivity contribution in [2.45, 2.75) is 0 Å². The first-order chi connectivity index (χ1) is 22.7. The Kier molecular flexibility index (Phi) is 5.89. The molecule has 4 heterocycles. The van der Waals surface area contributed by atoms with E-state index in [1.807, 2.05) is 110 Å². The lowest BCUT2D eigenvalue weighted by atomic mass is 10.0. The van der Waals surface area contributed by atoms with Gasteiger partial charge in [-0.2, -0.15) is 5.10 Å². The van der Waals surface area contributed by atoms with Crippen molar-refractivity contribution < 1.29 is 13.6 Å². The summed E-state index contributed by atoms with van der Waals surface area (Å²) in [5, 5.41) is 8.63. The first kappa shape index (κ1) is 26.1. The summed E-state index contributed by atoms with van der Waals surface area (Å²) in [7, 11) is 1.92. The minimum absolute atomic E-state index is 0.625. The molecule has 0 atom stereocenters. The first-order valence-electron chi connectivity index (χ1n) is 15.0. The van der Waals surface area contributed by atoms with Gasteiger partial charge < -0.3 is 13.6 Å². The first-order valence-corrected chi connectivity index (χ1v) is 15.0. The van der Waals surface area contributed by atoms with Crippen molar-refractivity contribution in [1.82, 2.24) is 14.8 Å². The number of hydrogen-bond acceptors (Lipinski definition) is 6. The maximum absolute atomic E-state index is 6.89. The van der Waals surface area contributed by atoms with Gasteiger partial charge in [-0.05, 0) is 48.5 Å². The van der Waals surface area contributed by atoms with Crippen molar-refractivity contribution >= 4 is 61.1 Å². The van der Waals surface area contributed by atoms with Gasteiger partial charge in [-0.3, -0.25) is 9.58 Å². The van der Waals surface area contributed by atoms with Crippen LogP contribution in [0.25, 0.3) is 55.1 Å². The van der Waals surface area contributed by atoms with Crippen molar-refractivity contribution in [3.63, 3.8) is 0 Å². The van der Waals surface area contributed by atoms with Crippen LogP contribution in [0.3, 0.4) is 0 Å². The molecule has 7 heteroatoms. The lowest BCUT2D eigenvalue weighted by molar-refractivity contribution is 0.488. The van der Waals surface area contributed by atoms with Gasteiger partial charge in [0.1, 0.15) is 39.6 Å². The van der Waals surface area contributed by atoms with E-state index in [9.17, 15) is 0 Å². The van der Waals surface area contributed by atoms with E-state index in [1.165, 1.54) is 0 Å². The molecule has 9 rings (SSSR count). The van der Waals surface area contributed by atoms with Crippen LogP contribution in [-0.4, -0.2) is 14.8 Å². The fourth-order valence-electron chi connectivity index (χ4n) is 6.26. The fraction of sp³-hybridized carbons (Fsp3) is 0.0256. The highest BCUT2D eigenvalue weighted by Crippen LogP contribution is 2.45. The summed E-state index contributed by atoms with van der Waals surface area (Å²) < 4.78 is 21.5. The highest BCUT2D eigenvalue weighted by atomic mass is 16.5. The Morgan fingerprint density at radius 1 is 0.630 bits per heavy atom. The molecule has 0 unspecified atom stereocenters. The van der Waals surface area contributed by atoms with Gasteiger partial charge in [0.25, 0.3) is 0 Å². The molecule has 0 spiro atoms. The van der Waals surface area contributed by atoms with Gasteiger partial charge in [-0.1, -0.05) is 60.7 Å². The van der Waals surface area contributed by atoms with Gasteiger partial charge in [0, 0.05) is 65.0 Å². The third-order valence-electron chi connectivity index (χ3n) is 8.25. The van der Waals surface area contributed by atoms with Gasteiger partial charge in [-0.15, -0.1) is 0 Å². The van der Waals surface area contributed by atoms with Gasteiger partial charge >= 0.3 is 0 Å². The SMILES string of the molecule is Cn1ccc(-c2cc(Oc3cc(N(c4ccccc4)c4ccccn4)cc4oc5ccccc5c34)cc3oc4ccccc4c23)n1. The molecule has 7 nitrogen and oxygen atoms in total. The van der Waals surface area contributed by atoms with Gasteiger partial charge in [0.05, 0.1) is 16.8 Å². The van der Waals surface area contributed by atoms with E-state index >= 15 is 0 Å². The largest absolute Gasteiger partial charge is 0.456 e. The second-order valence-electron chi connectivity index (χ2n) is 11.2. The van der Waals surface area contributed by atoms with E-state index in [2.05, 4.69) is 35.2 Å². The van der Waals surface area contributed by atoms with Crippen molar-refractivity contribution in [1.29, 1.82) is 0 Å². The third-order valence-corrected chi connectivity index (χ3v) is 8.25. The average molecular weight is 599 g/mol. The number of ether oxygens (including phenoxy) is 1. The molecule has 0 aliphatic rings. The topological polar surface area (TPSA) is 69.5 Å². The number of nitrogens with zero attached hydrogens (tertiary/aromatic N) is 4. The molecule has 0 amide bonds. The zero-order chi connectivity index (χ0) is 30.6. The molecule has 4 aromatic heterocycles. The maximum Gasteiger partial charge on any atom is 0.141 e. The van der Waals surface area contributed by atoms with Crippen LogP contribution in [0, 0.1) is 0 Å².